The normalized spacial score (nSPS) is 12.8. The van der Waals surface area contributed by atoms with Gasteiger partial charge < -0.3 is 26.0 Å². The molecular formula is C11H13N5O5. The number of nitrogens with one attached hydrogen (secondary N) is 2. The highest BCUT2D eigenvalue weighted by Crippen LogP contribution is 2.09. The number of aliphatic hydroxyl groups excluding tert-OH is 1. The molecule has 1 aromatic heterocycles. The van der Waals surface area contributed by atoms with Gasteiger partial charge in [0.15, 0.2) is 6.10 Å². The summed E-state index contributed by atoms with van der Waals surface area (Å²) in [6.45, 7) is 0. The number of aromatic amines is 1. The number of hydrogen-bond acceptors (Lipinski definition) is 5. The zero-order chi connectivity index (χ0) is 15.8. The minimum absolute atomic E-state index is 0.111. The molecule has 0 saturated carbocycles. The van der Waals surface area contributed by atoms with Crippen molar-refractivity contribution in [2.24, 2.45) is 0 Å². The average molecular weight is 295 g/mol. The molecule has 1 amide bonds. The number of nitrogens with zero attached hydrogens (tertiary/aromatic N) is 3. The van der Waals surface area contributed by atoms with Crippen molar-refractivity contribution in [2.75, 3.05) is 0 Å². The van der Waals surface area contributed by atoms with Crippen LogP contribution in [0.1, 0.15) is 24.6 Å². The predicted octanol–water partition coefficient (Wildman–Crippen LogP) is -1.34. The number of aromatic nitrogens is 2. The van der Waals surface area contributed by atoms with Gasteiger partial charge in [-0.15, -0.1) is 0 Å². The van der Waals surface area contributed by atoms with E-state index in [1.807, 2.05) is 0 Å². The van der Waals surface area contributed by atoms with Crippen LogP contribution in [0.15, 0.2) is 12.5 Å². The van der Waals surface area contributed by atoms with Crippen LogP contribution in [-0.2, 0) is 14.4 Å². The highest BCUT2D eigenvalue weighted by molar-refractivity contribution is 6.25. The van der Waals surface area contributed by atoms with Crippen LogP contribution < -0.4 is 5.32 Å². The van der Waals surface area contributed by atoms with Crippen molar-refractivity contribution < 1.29 is 29.4 Å². The van der Waals surface area contributed by atoms with Gasteiger partial charge in [-0.25, -0.2) is 9.78 Å². The average Bonchev–Trinajstić information content (AvgIpc) is 2.96. The number of rotatable bonds is 8. The Morgan fingerprint density at radius 2 is 2.24 bits per heavy atom. The van der Waals surface area contributed by atoms with Gasteiger partial charge in [0.1, 0.15) is 6.04 Å². The Kier molecular flexibility index (Phi) is 5.93. The molecule has 0 aliphatic heterocycles. The quantitative estimate of drug-likeness (QED) is 0.263. The Morgan fingerprint density at radius 3 is 2.76 bits per heavy atom. The number of carboxylic acid groups (broad SMARTS) is 1. The van der Waals surface area contributed by atoms with Crippen LogP contribution >= 0.6 is 0 Å². The van der Waals surface area contributed by atoms with Gasteiger partial charge in [0.05, 0.1) is 18.2 Å². The number of Topliss-reactive ketones (excluding diaryl/α,β-unsaturated/α-hetero) is 1. The lowest BCUT2D eigenvalue weighted by Gasteiger charge is -2.15. The number of H-pyrrole nitrogens is 1. The number of carboxylic acids is 1. The summed E-state index contributed by atoms with van der Waals surface area (Å²) in [4.78, 5) is 42.5. The van der Waals surface area contributed by atoms with Gasteiger partial charge in [0.2, 0.25) is 5.78 Å². The molecule has 10 heteroatoms. The highest BCUT2D eigenvalue weighted by atomic mass is 16.4. The number of aliphatic carboxylic acids is 1. The molecule has 0 spiro atoms. The number of carbonyl (C=O) groups is 3. The third kappa shape index (κ3) is 4.97. The summed E-state index contributed by atoms with van der Waals surface area (Å²) in [6.07, 6.45) is 1.09. The molecule has 10 nitrogen and oxygen atoms in total. The first-order valence-corrected chi connectivity index (χ1v) is 5.85. The van der Waals surface area contributed by atoms with Crippen LogP contribution in [0.25, 0.3) is 5.53 Å². The van der Waals surface area contributed by atoms with Crippen molar-refractivity contribution in [3.63, 3.8) is 0 Å². The SMILES string of the molecule is [N-]=[N+]=CC(=O)CC[C@H](NC(=O)[C@H](O)c1cnc[nH]1)C(=O)O. The molecule has 0 saturated heterocycles. The molecule has 4 N–H and O–H groups in total. The summed E-state index contributed by atoms with van der Waals surface area (Å²) in [7, 11) is 0. The number of aliphatic hydroxyl groups is 1. The molecule has 0 bridgehead atoms. The van der Waals surface area contributed by atoms with Gasteiger partial charge in [-0.3, -0.25) is 9.59 Å². The van der Waals surface area contributed by atoms with Crippen LogP contribution in [0, 0.1) is 0 Å². The summed E-state index contributed by atoms with van der Waals surface area (Å²) in [5.74, 6) is -2.88. The largest absolute Gasteiger partial charge is 0.480 e. The van der Waals surface area contributed by atoms with Gasteiger partial charge in [0, 0.05) is 6.42 Å². The molecule has 1 rings (SSSR count). The van der Waals surface area contributed by atoms with Crippen molar-refractivity contribution in [3.05, 3.63) is 23.7 Å². The maximum Gasteiger partial charge on any atom is 0.326 e. The van der Waals surface area contributed by atoms with E-state index in [4.69, 9.17) is 10.6 Å². The van der Waals surface area contributed by atoms with Gasteiger partial charge >= 0.3 is 12.2 Å². The Hall–Kier alpha value is -2.84. The molecule has 0 aliphatic carbocycles. The van der Waals surface area contributed by atoms with E-state index in [0.29, 0.717) is 6.21 Å². The number of ketones is 1. The summed E-state index contributed by atoms with van der Waals surface area (Å²) in [6, 6.07) is -1.36. The van der Waals surface area contributed by atoms with E-state index in [1.54, 1.807) is 0 Å². The third-order valence-electron chi connectivity index (χ3n) is 2.56. The Balaban J connectivity index is 2.61. The molecule has 0 aliphatic rings. The fourth-order valence-corrected chi connectivity index (χ4v) is 1.48. The first-order valence-electron chi connectivity index (χ1n) is 5.85. The lowest BCUT2D eigenvalue weighted by atomic mass is 10.1. The molecule has 2 atom stereocenters. The van der Waals surface area contributed by atoms with Gasteiger partial charge in [-0.05, 0) is 6.42 Å². The number of imidazole rings is 1. The molecule has 1 aromatic rings. The predicted molar refractivity (Wildman–Crippen MR) is 67.0 cm³/mol. The van der Waals surface area contributed by atoms with Crippen LogP contribution in [0.4, 0.5) is 0 Å². The molecule has 0 aromatic carbocycles. The maximum atomic E-state index is 11.7. The summed E-state index contributed by atoms with van der Waals surface area (Å²) in [5, 5.41) is 20.7. The van der Waals surface area contributed by atoms with Crippen molar-refractivity contribution in [1.29, 1.82) is 0 Å². The molecular weight excluding hydrogens is 282 g/mol. The molecule has 0 unspecified atom stereocenters. The van der Waals surface area contributed by atoms with Crippen LogP contribution in [0.2, 0.25) is 0 Å². The second kappa shape index (κ2) is 7.68. The monoisotopic (exact) mass is 295 g/mol. The molecule has 0 fully saturated rings. The third-order valence-corrected chi connectivity index (χ3v) is 2.56. The fraction of sp³-hybridized carbons (Fsp3) is 0.364. The van der Waals surface area contributed by atoms with E-state index in [-0.39, 0.29) is 18.5 Å². The fourth-order valence-electron chi connectivity index (χ4n) is 1.48. The standard InChI is InChI=1S/C11H13N5O5/c12-15-3-6(17)1-2-7(11(20)21)16-10(19)9(18)8-4-13-5-14-8/h3-5,7,9,18H,1-2H2,(H,13,14)(H,16,19)(H,20,21)/t7-,9+/m0/s1. The summed E-state index contributed by atoms with van der Waals surface area (Å²) in [5.41, 5.74) is 8.27. The van der Waals surface area contributed by atoms with Crippen LogP contribution in [0.3, 0.4) is 0 Å². The van der Waals surface area contributed by atoms with Crippen LogP contribution in [-0.4, -0.2) is 54.9 Å². The van der Waals surface area contributed by atoms with E-state index in [2.05, 4.69) is 20.1 Å². The van der Waals surface area contributed by atoms with E-state index in [0.717, 1.165) is 0 Å². The van der Waals surface area contributed by atoms with E-state index >= 15 is 0 Å². The summed E-state index contributed by atoms with van der Waals surface area (Å²) < 4.78 is 0. The number of amides is 1. The minimum atomic E-state index is -1.59. The summed E-state index contributed by atoms with van der Waals surface area (Å²) >= 11 is 0. The lowest BCUT2D eigenvalue weighted by Crippen LogP contribution is -2.43. The molecule has 1 heterocycles. The first kappa shape index (κ1) is 16.2. The molecule has 112 valence electrons. The van der Waals surface area contributed by atoms with Gasteiger partial charge in [0.25, 0.3) is 5.91 Å². The van der Waals surface area contributed by atoms with E-state index < -0.39 is 29.8 Å². The van der Waals surface area contributed by atoms with Crippen molar-refractivity contribution >= 4 is 23.9 Å². The second-order valence-electron chi connectivity index (χ2n) is 4.06. The van der Waals surface area contributed by atoms with Crippen LogP contribution in [0.5, 0.6) is 0 Å². The molecule has 0 radical (unpaired) electrons. The zero-order valence-corrected chi connectivity index (χ0v) is 10.8. The van der Waals surface area contributed by atoms with Gasteiger partial charge in [-0.2, -0.15) is 4.79 Å². The maximum absolute atomic E-state index is 11.7. The van der Waals surface area contributed by atoms with Crippen molar-refractivity contribution in [3.8, 4) is 0 Å². The van der Waals surface area contributed by atoms with E-state index in [9.17, 15) is 19.5 Å². The Labute approximate surface area is 118 Å². The second-order valence-corrected chi connectivity index (χ2v) is 4.06. The van der Waals surface area contributed by atoms with Crippen molar-refractivity contribution in [2.45, 2.75) is 25.0 Å². The lowest BCUT2D eigenvalue weighted by molar-refractivity contribution is -0.143. The highest BCUT2D eigenvalue weighted by Gasteiger charge is 2.26. The first-order chi connectivity index (χ1) is 9.95. The zero-order valence-electron chi connectivity index (χ0n) is 10.8. The Morgan fingerprint density at radius 1 is 1.52 bits per heavy atom. The Bertz CT molecular complexity index is 564. The smallest absolute Gasteiger partial charge is 0.326 e. The molecule has 21 heavy (non-hydrogen) atoms. The number of hydrogen-bond donors (Lipinski definition) is 4. The van der Waals surface area contributed by atoms with Crippen molar-refractivity contribution in [1.82, 2.24) is 15.3 Å². The number of carbonyl (C=O) groups excluding carboxylic acids is 2. The topological polar surface area (TPSA) is 169 Å². The van der Waals surface area contributed by atoms with Gasteiger partial charge in [-0.1, -0.05) is 0 Å². The van der Waals surface area contributed by atoms with E-state index in [1.165, 1.54) is 12.5 Å². The minimum Gasteiger partial charge on any atom is -0.480 e.